The maximum Gasteiger partial charge on any atom is 0.221 e. The lowest BCUT2D eigenvalue weighted by Crippen LogP contribution is -2.32. The monoisotopic (exact) mass is 479 g/mol. The Morgan fingerprint density at radius 3 is 2.57 bits per heavy atom. The number of halogens is 2. The van der Waals surface area contributed by atoms with Crippen LogP contribution in [0.5, 0.6) is 0 Å². The average molecular weight is 480 g/mol. The first kappa shape index (κ1) is 24.4. The first-order valence-electron chi connectivity index (χ1n) is 11.4. The minimum Gasteiger partial charge on any atom is -0.399 e. The van der Waals surface area contributed by atoms with Gasteiger partial charge in [-0.05, 0) is 73.3 Å². The molecule has 1 aliphatic rings. The summed E-state index contributed by atoms with van der Waals surface area (Å²) in [5.74, 6) is -1.58. The zero-order valence-electron chi connectivity index (χ0n) is 19.7. The van der Waals surface area contributed by atoms with Gasteiger partial charge < -0.3 is 10.2 Å². The van der Waals surface area contributed by atoms with Crippen LogP contribution < -0.4 is 5.32 Å². The molecule has 0 atom stereocenters. The lowest BCUT2D eigenvalue weighted by Gasteiger charge is -2.32. The van der Waals surface area contributed by atoms with Gasteiger partial charge in [0.25, 0.3) is 0 Å². The summed E-state index contributed by atoms with van der Waals surface area (Å²) in [6, 6.07) is 9.34. The predicted octanol–water partition coefficient (Wildman–Crippen LogP) is 4.49. The number of anilines is 1. The van der Waals surface area contributed by atoms with Crippen molar-refractivity contribution in [3.8, 4) is 0 Å². The number of piperidine rings is 1. The van der Waals surface area contributed by atoms with Crippen LogP contribution in [-0.2, 0) is 16.2 Å². The summed E-state index contributed by atoms with van der Waals surface area (Å²) in [5, 5.41) is 6.76. The van der Waals surface area contributed by atoms with Gasteiger partial charge in [0.1, 0.15) is 12.8 Å². The Bertz CT molecular complexity index is 1210. The summed E-state index contributed by atoms with van der Waals surface area (Å²) in [5.41, 5.74) is 4.13. The summed E-state index contributed by atoms with van der Waals surface area (Å²) in [6.45, 7) is 4.11. The van der Waals surface area contributed by atoms with Gasteiger partial charge in [0.15, 0.2) is 11.6 Å². The highest BCUT2D eigenvalue weighted by Gasteiger charge is 2.21. The summed E-state index contributed by atoms with van der Waals surface area (Å²) in [6.07, 6.45) is 7.30. The van der Waals surface area contributed by atoms with Crippen molar-refractivity contribution in [3.63, 3.8) is 0 Å². The van der Waals surface area contributed by atoms with Crippen LogP contribution in [0.25, 0.3) is 0 Å². The second kappa shape index (κ2) is 11.1. The number of aromatic nitrogens is 2. The third kappa shape index (κ3) is 6.24. The van der Waals surface area contributed by atoms with Crippen LogP contribution in [0.4, 0.5) is 14.5 Å². The molecule has 0 bridgehead atoms. The Labute approximate surface area is 202 Å². The number of oxime groups is 1. The SMILES string of the molecule is CON=C(c1ccc(F)c(F)c1)c1ccc(CN2CCC(c3cncc(NC(C)=O)c3)CC2)cn1. The largest absolute Gasteiger partial charge is 0.399 e. The third-order valence-corrected chi connectivity index (χ3v) is 5.99. The molecule has 2 aromatic heterocycles. The van der Waals surface area contributed by atoms with E-state index in [1.807, 2.05) is 18.3 Å². The van der Waals surface area contributed by atoms with E-state index in [2.05, 4.69) is 25.3 Å². The van der Waals surface area contributed by atoms with Crippen LogP contribution in [0.2, 0.25) is 0 Å². The molecule has 1 saturated heterocycles. The maximum absolute atomic E-state index is 13.7. The number of hydrogen-bond donors (Lipinski definition) is 1. The molecule has 3 heterocycles. The summed E-state index contributed by atoms with van der Waals surface area (Å²) >= 11 is 0. The summed E-state index contributed by atoms with van der Waals surface area (Å²) in [7, 11) is 1.39. The fourth-order valence-electron chi connectivity index (χ4n) is 4.28. The third-order valence-electron chi connectivity index (χ3n) is 5.99. The van der Waals surface area contributed by atoms with E-state index < -0.39 is 11.6 Å². The number of likely N-dealkylation sites (tertiary alicyclic amines) is 1. The van der Waals surface area contributed by atoms with Gasteiger partial charge in [-0.1, -0.05) is 11.2 Å². The lowest BCUT2D eigenvalue weighted by molar-refractivity contribution is -0.114. The van der Waals surface area contributed by atoms with Gasteiger partial charge in [0, 0.05) is 31.4 Å². The number of carbonyl (C=O) groups excluding carboxylic acids is 1. The van der Waals surface area contributed by atoms with Crippen LogP contribution in [0.1, 0.15) is 48.1 Å². The molecule has 7 nitrogen and oxygen atoms in total. The molecule has 9 heteroatoms. The topological polar surface area (TPSA) is 79.7 Å². The van der Waals surface area contributed by atoms with Crippen LogP contribution in [0, 0.1) is 11.6 Å². The molecule has 1 aromatic carbocycles. The van der Waals surface area contributed by atoms with E-state index in [-0.39, 0.29) is 5.91 Å². The number of amides is 1. The molecule has 0 unspecified atom stereocenters. The number of rotatable bonds is 7. The van der Waals surface area contributed by atoms with Crippen molar-refractivity contribution in [3.05, 3.63) is 89.0 Å². The first-order chi connectivity index (χ1) is 16.9. The van der Waals surface area contributed by atoms with Gasteiger partial charge in [-0.2, -0.15) is 0 Å². The smallest absolute Gasteiger partial charge is 0.221 e. The number of pyridine rings is 2. The van der Waals surface area contributed by atoms with E-state index in [0.29, 0.717) is 22.9 Å². The number of carbonyl (C=O) groups is 1. The summed E-state index contributed by atoms with van der Waals surface area (Å²) < 4.78 is 27.0. The van der Waals surface area contributed by atoms with E-state index in [1.165, 1.54) is 20.1 Å². The van der Waals surface area contributed by atoms with E-state index in [0.717, 1.165) is 61.4 Å². The molecule has 3 aromatic rings. The van der Waals surface area contributed by atoms with Crippen LogP contribution in [0.3, 0.4) is 0 Å². The molecule has 1 fully saturated rings. The Balaban J connectivity index is 1.37. The maximum atomic E-state index is 13.7. The fraction of sp³-hybridized carbons (Fsp3) is 0.308. The second-order valence-electron chi connectivity index (χ2n) is 8.54. The number of nitrogens with zero attached hydrogens (tertiary/aromatic N) is 4. The van der Waals surface area contributed by atoms with Crippen molar-refractivity contribution in [1.29, 1.82) is 0 Å². The van der Waals surface area contributed by atoms with Crippen molar-refractivity contribution >= 4 is 17.3 Å². The number of nitrogens with one attached hydrogen (secondary N) is 1. The van der Waals surface area contributed by atoms with Gasteiger partial charge >= 0.3 is 0 Å². The molecule has 1 amide bonds. The standard InChI is InChI=1S/C26H27F2N5O2/c1-17(34)31-22-11-21(14-29-15-22)19-7-9-33(10-8-19)16-18-3-6-25(30-13-18)26(32-35-2)20-4-5-23(27)24(28)12-20/h3-6,11-15,19H,7-10,16H2,1-2H3,(H,31,34). The molecule has 1 aliphatic heterocycles. The summed E-state index contributed by atoms with van der Waals surface area (Å²) in [4.78, 5) is 27.4. The quantitative estimate of drug-likeness (QED) is 0.399. The Morgan fingerprint density at radius 2 is 1.91 bits per heavy atom. The minimum atomic E-state index is -0.955. The molecular formula is C26H27F2N5O2. The molecule has 0 aliphatic carbocycles. The van der Waals surface area contributed by atoms with E-state index in [4.69, 9.17) is 4.84 Å². The van der Waals surface area contributed by atoms with Gasteiger partial charge in [0.2, 0.25) is 5.91 Å². The number of benzene rings is 1. The molecule has 4 rings (SSSR count). The van der Waals surface area contributed by atoms with Gasteiger partial charge in [-0.15, -0.1) is 0 Å². The molecule has 0 radical (unpaired) electrons. The van der Waals surface area contributed by atoms with Crippen molar-refractivity contribution in [2.75, 3.05) is 25.5 Å². The highest BCUT2D eigenvalue weighted by atomic mass is 19.2. The van der Waals surface area contributed by atoms with Crippen molar-refractivity contribution in [2.45, 2.75) is 32.2 Å². The van der Waals surface area contributed by atoms with Crippen LogP contribution in [-0.4, -0.2) is 46.7 Å². The molecule has 182 valence electrons. The van der Waals surface area contributed by atoms with Crippen molar-refractivity contribution in [2.24, 2.45) is 5.16 Å². The zero-order chi connectivity index (χ0) is 24.8. The zero-order valence-corrected chi connectivity index (χ0v) is 19.7. The van der Waals surface area contributed by atoms with Crippen molar-refractivity contribution < 1.29 is 18.4 Å². The molecule has 0 saturated carbocycles. The first-order valence-corrected chi connectivity index (χ1v) is 11.4. The minimum absolute atomic E-state index is 0.108. The Hall–Kier alpha value is -3.72. The Morgan fingerprint density at radius 1 is 1.11 bits per heavy atom. The number of hydrogen-bond acceptors (Lipinski definition) is 6. The molecule has 1 N–H and O–H groups in total. The lowest BCUT2D eigenvalue weighted by atomic mass is 9.90. The normalized spacial score (nSPS) is 15.1. The van der Waals surface area contributed by atoms with E-state index in [9.17, 15) is 13.6 Å². The average Bonchev–Trinajstić information content (AvgIpc) is 2.85. The molecule has 35 heavy (non-hydrogen) atoms. The highest BCUT2D eigenvalue weighted by molar-refractivity contribution is 6.11. The molecule has 0 spiro atoms. The van der Waals surface area contributed by atoms with Gasteiger partial charge in [-0.3, -0.25) is 19.7 Å². The Kier molecular flexibility index (Phi) is 7.77. The predicted molar refractivity (Wildman–Crippen MR) is 129 cm³/mol. The van der Waals surface area contributed by atoms with Crippen LogP contribution in [0.15, 0.2) is 60.1 Å². The fourth-order valence-corrected chi connectivity index (χ4v) is 4.28. The van der Waals surface area contributed by atoms with Gasteiger partial charge in [-0.25, -0.2) is 8.78 Å². The van der Waals surface area contributed by atoms with Crippen molar-refractivity contribution in [1.82, 2.24) is 14.9 Å². The second-order valence-corrected chi connectivity index (χ2v) is 8.54. The van der Waals surface area contributed by atoms with E-state index in [1.54, 1.807) is 18.5 Å². The molecular weight excluding hydrogens is 452 g/mol. The van der Waals surface area contributed by atoms with Crippen LogP contribution >= 0.6 is 0 Å². The van der Waals surface area contributed by atoms with E-state index >= 15 is 0 Å². The highest BCUT2D eigenvalue weighted by Crippen LogP contribution is 2.29. The van der Waals surface area contributed by atoms with Gasteiger partial charge in [0.05, 0.1) is 17.6 Å².